The molecule has 0 amide bonds. The van der Waals surface area contributed by atoms with Gasteiger partial charge < -0.3 is 14.8 Å². The molecule has 0 fully saturated rings. The summed E-state index contributed by atoms with van der Waals surface area (Å²) in [4.78, 5) is 10.8. The first kappa shape index (κ1) is 14.5. The fourth-order valence-corrected chi connectivity index (χ4v) is 2.15. The van der Waals surface area contributed by atoms with Crippen LogP contribution >= 0.6 is 11.8 Å². The third-order valence-corrected chi connectivity index (χ3v) is 3.24. The van der Waals surface area contributed by atoms with Gasteiger partial charge in [0.25, 0.3) is 0 Å². The van der Waals surface area contributed by atoms with E-state index in [9.17, 15) is 9.18 Å². The van der Waals surface area contributed by atoms with Gasteiger partial charge in [-0.15, -0.1) is 0 Å². The first-order chi connectivity index (χ1) is 9.60. The molecule has 2 aromatic rings. The van der Waals surface area contributed by atoms with Crippen LogP contribution < -0.4 is 5.32 Å². The summed E-state index contributed by atoms with van der Waals surface area (Å²) >= 11 is 1.65. The molecule has 2 rings (SSSR count). The molecule has 1 heterocycles. The molecule has 0 atom stereocenters. The maximum absolute atomic E-state index is 13.6. The Kier molecular flexibility index (Phi) is 4.68. The molecule has 0 aliphatic heterocycles. The van der Waals surface area contributed by atoms with Gasteiger partial charge in [0.1, 0.15) is 17.3 Å². The second kappa shape index (κ2) is 6.47. The Morgan fingerprint density at radius 3 is 2.80 bits per heavy atom. The number of rotatable bonds is 6. The number of anilines is 1. The highest BCUT2D eigenvalue weighted by atomic mass is 32.2. The van der Waals surface area contributed by atoms with E-state index < -0.39 is 11.8 Å². The summed E-state index contributed by atoms with van der Waals surface area (Å²) in [6, 6.07) is 7.32. The number of thioether (sulfide) groups is 1. The summed E-state index contributed by atoms with van der Waals surface area (Å²) < 4.78 is 19.1. The van der Waals surface area contributed by atoms with Gasteiger partial charge in [-0.1, -0.05) is 0 Å². The van der Waals surface area contributed by atoms with Crippen LogP contribution in [0.3, 0.4) is 0 Å². The highest BCUT2D eigenvalue weighted by Gasteiger charge is 2.09. The van der Waals surface area contributed by atoms with Gasteiger partial charge in [0.2, 0.25) is 0 Å². The van der Waals surface area contributed by atoms with E-state index in [2.05, 4.69) is 5.32 Å². The van der Waals surface area contributed by atoms with E-state index in [1.807, 2.05) is 18.4 Å². The molecule has 106 valence electrons. The van der Waals surface area contributed by atoms with Crippen molar-refractivity contribution in [2.45, 2.75) is 12.3 Å². The van der Waals surface area contributed by atoms with Gasteiger partial charge in [-0.2, -0.15) is 11.8 Å². The van der Waals surface area contributed by atoms with E-state index in [1.165, 1.54) is 12.1 Å². The maximum atomic E-state index is 13.6. The lowest BCUT2D eigenvalue weighted by Gasteiger charge is -2.07. The number of hydrogen-bond donors (Lipinski definition) is 2. The molecule has 0 aliphatic rings. The number of hydrogen-bond acceptors (Lipinski definition) is 4. The number of benzene rings is 1. The average Bonchev–Trinajstić information content (AvgIpc) is 2.86. The van der Waals surface area contributed by atoms with Crippen LogP contribution in [0.25, 0.3) is 0 Å². The SMILES string of the molecule is CSCc1ccc(CNc2cc(C(=O)O)ccc2F)o1. The number of carbonyl (C=O) groups is 1. The van der Waals surface area contributed by atoms with Gasteiger partial charge in [0.15, 0.2) is 0 Å². The summed E-state index contributed by atoms with van der Waals surface area (Å²) in [7, 11) is 0. The predicted molar refractivity (Wildman–Crippen MR) is 76.6 cm³/mol. The monoisotopic (exact) mass is 295 g/mol. The Balaban J connectivity index is 2.05. The van der Waals surface area contributed by atoms with Gasteiger partial charge >= 0.3 is 5.97 Å². The molecule has 0 unspecified atom stereocenters. The minimum Gasteiger partial charge on any atom is -0.478 e. The molecule has 0 aliphatic carbocycles. The third-order valence-electron chi connectivity index (χ3n) is 2.67. The standard InChI is InChI=1S/C14H14FNO3S/c1-20-8-11-4-3-10(19-11)7-16-13-6-9(14(17)18)2-5-12(13)15/h2-6,16H,7-8H2,1H3,(H,17,18). The highest BCUT2D eigenvalue weighted by Crippen LogP contribution is 2.19. The fraction of sp³-hybridized carbons (Fsp3) is 0.214. The topological polar surface area (TPSA) is 62.5 Å². The highest BCUT2D eigenvalue weighted by molar-refractivity contribution is 7.97. The molecule has 0 saturated carbocycles. The summed E-state index contributed by atoms with van der Waals surface area (Å²) in [6.07, 6.45) is 1.98. The quantitative estimate of drug-likeness (QED) is 0.852. The average molecular weight is 295 g/mol. The van der Waals surface area contributed by atoms with E-state index in [-0.39, 0.29) is 11.3 Å². The Labute approximate surface area is 120 Å². The number of carboxylic acid groups (broad SMARTS) is 1. The molecule has 1 aromatic carbocycles. The number of nitrogens with one attached hydrogen (secondary N) is 1. The molecule has 4 nitrogen and oxygen atoms in total. The van der Waals surface area contributed by atoms with Crippen molar-refractivity contribution in [1.82, 2.24) is 0 Å². The predicted octanol–water partition coefficient (Wildman–Crippen LogP) is 3.59. The second-order valence-electron chi connectivity index (χ2n) is 4.15. The van der Waals surface area contributed by atoms with Gasteiger partial charge in [0.05, 0.1) is 23.5 Å². The summed E-state index contributed by atoms with van der Waals surface area (Å²) in [5.41, 5.74) is 0.184. The zero-order chi connectivity index (χ0) is 14.5. The first-order valence-electron chi connectivity index (χ1n) is 5.93. The van der Waals surface area contributed by atoms with Gasteiger partial charge in [-0.25, -0.2) is 9.18 Å². The zero-order valence-electron chi connectivity index (χ0n) is 10.9. The van der Waals surface area contributed by atoms with Gasteiger partial charge in [0, 0.05) is 0 Å². The summed E-state index contributed by atoms with van der Waals surface area (Å²) in [5, 5.41) is 11.7. The van der Waals surface area contributed by atoms with Crippen LogP contribution in [0.5, 0.6) is 0 Å². The van der Waals surface area contributed by atoms with Crippen LogP contribution in [-0.4, -0.2) is 17.3 Å². The molecule has 20 heavy (non-hydrogen) atoms. The maximum Gasteiger partial charge on any atom is 0.335 e. The molecular weight excluding hydrogens is 281 g/mol. The summed E-state index contributed by atoms with van der Waals surface area (Å²) in [5.74, 6) is 0.727. The molecule has 0 spiro atoms. The second-order valence-corrected chi connectivity index (χ2v) is 5.02. The lowest BCUT2D eigenvalue weighted by atomic mass is 10.2. The van der Waals surface area contributed by atoms with Crippen molar-refractivity contribution in [3.8, 4) is 0 Å². The van der Waals surface area contributed by atoms with Crippen LogP contribution in [0.15, 0.2) is 34.7 Å². The van der Waals surface area contributed by atoms with Crippen LogP contribution in [0.1, 0.15) is 21.9 Å². The fourth-order valence-electron chi connectivity index (χ4n) is 1.71. The Bertz CT molecular complexity index is 612. The molecule has 0 bridgehead atoms. The third kappa shape index (κ3) is 3.54. The van der Waals surface area contributed by atoms with Gasteiger partial charge in [-0.3, -0.25) is 0 Å². The molecule has 0 saturated heterocycles. The van der Waals surface area contributed by atoms with Crippen molar-refractivity contribution < 1.29 is 18.7 Å². The molecule has 0 radical (unpaired) electrons. The summed E-state index contributed by atoms with van der Waals surface area (Å²) in [6.45, 7) is 0.300. The molecular formula is C14H14FNO3S. The molecule has 2 N–H and O–H groups in total. The van der Waals surface area contributed by atoms with E-state index in [0.29, 0.717) is 12.3 Å². The van der Waals surface area contributed by atoms with Crippen molar-refractivity contribution in [1.29, 1.82) is 0 Å². The van der Waals surface area contributed by atoms with E-state index in [0.717, 1.165) is 17.6 Å². The number of aromatic carboxylic acids is 1. The van der Waals surface area contributed by atoms with Crippen molar-refractivity contribution in [2.24, 2.45) is 0 Å². The number of furan rings is 1. The van der Waals surface area contributed by atoms with Gasteiger partial charge in [-0.05, 0) is 36.6 Å². The van der Waals surface area contributed by atoms with Crippen LogP contribution in [0, 0.1) is 5.82 Å². The smallest absolute Gasteiger partial charge is 0.335 e. The van der Waals surface area contributed by atoms with Crippen LogP contribution in [0.2, 0.25) is 0 Å². The van der Waals surface area contributed by atoms with Crippen molar-refractivity contribution in [3.05, 3.63) is 53.2 Å². The molecule has 6 heteroatoms. The van der Waals surface area contributed by atoms with E-state index >= 15 is 0 Å². The van der Waals surface area contributed by atoms with Crippen molar-refractivity contribution in [2.75, 3.05) is 11.6 Å². The van der Waals surface area contributed by atoms with Crippen LogP contribution in [-0.2, 0) is 12.3 Å². The van der Waals surface area contributed by atoms with E-state index in [4.69, 9.17) is 9.52 Å². The van der Waals surface area contributed by atoms with Crippen LogP contribution in [0.4, 0.5) is 10.1 Å². The van der Waals surface area contributed by atoms with E-state index in [1.54, 1.807) is 11.8 Å². The zero-order valence-corrected chi connectivity index (χ0v) is 11.7. The lowest BCUT2D eigenvalue weighted by molar-refractivity contribution is 0.0697. The Morgan fingerprint density at radius 2 is 2.10 bits per heavy atom. The van der Waals surface area contributed by atoms with Crippen molar-refractivity contribution in [3.63, 3.8) is 0 Å². The molecule has 1 aromatic heterocycles. The Hall–Kier alpha value is -1.95. The number of halogens is 1. The largest absolute Gasteiger partial charge is 0.478 e. The first-order valence-corrected chi connectivity index (χ1v) is 7.33. The minimum absolute atomic E-state index is 0.0383. The minimum atomic E-state index is -1.09. The number of carboxylic acids is 1. The van der Waals surface area contributed by atoms with Crippen molar-refractivity contribution >= 4 is 23.4 Å². The normalized spacial score (nSPS) is 10.5. The Morgan fingerprint density at radius 1 is 1.35 bits per heavy atom. The lowest BCUT2D eigenvalue weighted by Crippen LogP contribution is -2.03.